The highest BCUT2D eigenvalue weighted by molar-refractivity contribution is 7.91. The average molecular weight is 411 g/mol. The van der Waals surface area contributed by atoms with Gasteiger partial charge in [0.15, 0.2) is 9.84 Å². The Morgan fingerprint density at radius 2 is 2.14 bits per heavy atom. The van der Waals surface area contributed by atoms with Crippen molar-refractivity contribution < 1.29 is 22.7 Å². The van der Waals surface area contributed by atoms with Crippen LogP contribution >= 0.6 is 0 Å². The molecule has 2 aliphatic heterocycles. The van der Waals surface area contributed by atoms with Gasteiger partial charge in [0.25, 0.3) is 5.91 Å². The zero-order chi connectivity index (χ0) is 20.5. The summed E-state index contributed by atoms with van der Waals surface area (Å²) in [5, 5.41) is 2.99. The maximum Gasteiger partial charge on any atom is 0.255 e. The van der Waals surface area contributed by atoms with Crippen LogP contribution in [0.5, 0.6) is 11.5 Å². The molecule has 2 atom stereocenters. The molecule has 156 valence electrons. The van der Waals surface area contributed by atoms with Crippen LogP contribution in [0.1, 0.15) is 49.5 Å². The van der Waals surface area contributed by atoms with E-state index in [1.807, 2.05) is 6.92 Å². The summed E-state index contributed by atoms with van der Waals surface area (Å²) in [6.07, 6.45) is 2.56. The molecular formula is C20H30N2O5S. The van der Waals surface area contributed by atoms with Gasteiger partial charge in [0.05, 0.1) is 18.4 Å². The molecule has 0 aromatic heterocycles. The van der Waals surface area contributed by atoms with Crippen LogP contribution in [0.3, 0.4) is 0 Å². The second kappa shape index (κ2) is 8.29. The number of methoxy groups -OCH3 is 1. The summed E-state index contributed by atoms with van der Waals surface area (Å²) in [5.41, 5.74) is 0.930. The quantitative estimate of drug-likeness (QED) is 0.740. The lowest BCUT2D eigenvalue weighted by Gasteiger charge is -2.23. The van der Waals surface area contributed by atoms with Crippen LogP contribution in [0.4, 0.5) is 0 Å². The predicted molar refractivity (Wildman–Crippen MR) is 107 cm³/mol. The molecule has 2 heterocycles. The highest BCUT2D eigenvalue weighted by atomic mass is 32.2. The zero-order valence-corrected chi connectivity index (χ0v) is 17.9. The number of sulfone groups is 1. The van der Waals surface area contributed by atoms with Crippen LogP contribution in [-0.2, 0) is 16.3 Å². The Hall–Kier alpha value is -1.80. The number of nitrogens with one attached hydrogen (secondary N) is 1. The van der Waals surface area contributed by atoms with Gasteiger partial charge < -0.3 is 14.8 Å². The van der Waals surface area contributed by atoms with E-state index in [0.717, 1.165) is 25.9 Å². The molecule has 1 saturated heterocycles. The van der Waals surface area contributed by atoms with Crippen molar-refractivity contribution in [2.24, 2.45) is 0 Å². The van der Waals surface area contributed by atoms with E-state index in [1.54, 1.807) is 6.92 Å². The number of amides is 1. The molecule has 0 radical (unpaired) electrons. The van der Waals surface area contributed by atoms with Crippen molar-refractivity contribution >= 4 is 15.7 Å². The molecule has 28 heavy (non-hydrogen) atoms. The molecule has 2 unspecified atom stereocenters. The van der Waals surface area contributed by atoms with E-state index in [4.69, 9.17) is 9.47 Å². The SMILES string of the molecule is CCN1CCCC1CNC(=O)c1cc(S(=O)(=O)CC)c(OC)c2c1OC(C)C2. The van der Waals surface area contributed by atoms with Gasteiger partial charge in [0, 0.05) is 24.6 Å². The lowest BCUT2D eigenvalue weighted by molar-refractivity contribution is 0.0936. The number of hydrogen-bond donors (Lipinski definition) is 1. The molecule has 0 aliphatic carbocycles. The number of fused-ring (bicyclic) bond motifs is 1. The van der Waals surface area contributed by atoms with Crippen LogP contribution in [0.15, 0.2) is 11.0 Å². The van der Waals surface area contributed by atoms with E-state index in [0.29, 0.717) is 36.1 Å². The number of carbonyl (C=O) groups excluding carboxylic acids is 1. The molecule has 1 aromatic rings. The van der Waals surface area contributed by atoms with Gasteiger partial charge in [0.1, 0.15) is 22.5 Å². The highest BCUT2D eigenvalue weighted by Crippen LogP contribution is 2.43. The van der Waals surface area contributed by atoms with Gasteiger partial charge in [-0.05, 0) is 38.9 Å². The summed E-state index contributed by atoms with van der Waals surface area (Å²) in [7, 11) is -2.10. The van der Waals surface area contributed by atoms with Crippen LogP contribution in [0.2, 0.25) is 0 Å². The molecule has 0 spiro atoms. The molecule has 1 aromatic carbocycles. The summed E-state index contributed by atoms with van der Waals surface area (Å²) >= 11 is 0. The first kappa shape index (κ1) is 20.9. The molecule has 1 fully saturated rings. The number of carbonyl (C=O) groups is 1. The second-order valence-electron chi connectivity index (χ2n) is 7.43. The first-order valence-corrected chi connectivity index (χ1v) is 11.6. The zero-order valence-electron chi connectivity index (χ0n) is 17.1. The minimum Gasteiger partial charge on any atom is -0.495 e. The van der Waals surface area contributed by atoms with E-state index in [-0.39, 0.29) is 28.2 Å². The van der Waals surface area contributed by atoms with Crippen molar-refractivity contribution in [3.8, 4) is 11.5 Å². The summed E-state index contributed by atoms with van der Waals surface area (Å²) in [5.74, 6) is 0.373. The topological polar surface area (TPSA) is 84.9 Å². The molecule has 0 saturated carbocycles. The number of nitrogens with zero attached hydrogens (tertiary/aromatic N) is 1. The Morgan fingerprint density at radius 3 is 2.79 bits per heavy atom. The van der Waals surface area contributed by atoms with Gasteiger partial charge in [-0.25, -0.2) is 8.42 Å². The fourth-order valence-electron chi connectivity index (χ4n) is 4.15. The minimum absolute atomic E-state index is 0.0624. The van der Waals surface area contributed by atoms with Gasteiger partial charge >= 0.3 is 0 Å². The number of ether oxygens (including phenoxy) is 2. The predicted octanol–water partition coefficient (Wildman–Crippen LogP) is 2.03. The van der Waals surface area contributed by atoms with Crippen molar-refractivity contribution in [3.05, 3.63) is 17.2 Å². The van der Waals surface area contributed by atoms with Gasteiger partial charge in [-0.2, -0.15) is 0 Å². The highest BCUT2D eigenvalue weighted by Gasteiger charge is 2.34. The third kappa shape index (κ3) is 3.85. The number of rotatable bonds is 7. The molecule has 0 bridgehead atoms. The largest absolute Gasteiger partial charge is 0.495 e. The van der Waals surface area contributed by atoms with Gasteiger partial charge in [-0.3, -0.25) is 9.69 Å². The first-order chi connectivity index (χ1) is 13.3. The van der Waals surface area contributed by atoms with Gasteiger partial charge in [-0.15, -0.1) is 0 Å². The smallest absolute Gasteiger partial charge is 0.255 e. The third-order valence-electron chi connectivity index (χ3n) is 5.67. The standard InChI is InChI=1S/C20H30N2O5S/c1-5-22-9-7-8-14(22)12-21-20(23)16-11-17(28(24,25)6-2)19(26-4)15-10-13(3)27-18(15)16/h11,13-14H,5-10,12H2,1-4H3,(H,21,23). The van der Waals surface area contributed by atoms with Crippen LogP contribution in [0.25, 0.3) is 0 Å². The van der Waals surface area contributed by atoms with Crippen molar-refractivity contribution in [1.29, 1.82) is 0 Å². The van der Waals surface area contributed by atoms with E-state index in [2.05, 4.69) is 17.1 Å². The van der Waals surface area contributed by atoms with E-state index in [1.165, 1.54) is 13.2 Å². The Labute approximate surface area is 167 Å². The summed E-state index contributed by atoms with van der Waals surface area (Å²) in [6, 6.07) is 1.73. The summed E-state index contributed by atoms with van der Waals surface area (Å²) < 4.78 is 36.6. The van der Waals surface area contributed by atoms with Crippen LogP contribution in [-0.4, -0.2) is 63.9 Å². The van der Waals surface area contributed by atoms with E-state index >= 15 is 0 Å². The number of hydrogen-bond acceptors (Lipinski definition) is 6. The molecular weight excluding hydrogens is 380 g/mol. The lowest BCUT2D eigenvalue weighted by Crippen LogP contribution is -2.40. The van der Waals surface area contributed by atoms with Gasteiger partial charge in [-0.1, -0.05) is 13.8 Å². The summed E-state index contributed by atoms with van der Waals surface area (Å²) in [4.78, 5) is 15.4. The lowest BCUT2D eigenvalue weighted by atomic mass is 10.0. The molecule has 7 nitrogen and oxygen atoms in total. The Morgan fingerprint density at radius 1 is 1.39 bits per heavy atom. The molecule has 1 amide bonds. The molecule has 1 N–H and O–H groups in total. The number of likely N-dealkylation sites (tertiary alicyclic amines) is 1. The first-order valence-electron chi connectivity index (χ1n) is 9.97. The average Bonchev–Trinajstić information content (AvgIpc) is 3.29. The fourth-order valence-corrected chi connectivity index (χ4v) is 5.25. The Kier molecular flexibility index (Phi) is 6.19. The molecule has 3 rings (SSSR count). The fraction of sp³-hybridized carbons (Fsp3) is 0.650. The molecule has 8 heteroatoms. The maximum absolute atomic E-state index is 13.0. The Bertz CT molecular complexity index is 853. The van der Waals surface area contributed by atoms with Crippen molar-refractivity contribution in [2.45, 2.75) is 57.1 Å². The monoisotopic (exact) mass is 410 g/mol. The number of benzene rings is 1. The van der Waals surface area contributed by atoms with Crippen molar-refractivity contribution in [1.82, 2.24) is 10.2 Å². The second-order valence-corrected chi connectivity index (χ2v) is 9.68. The maximum atomic E-state index is 13.0. The van der Waals surface area contributed by atoms with E-state index < -0.39 is 9.84 Å². The third-order valence-corrected chi connectivity index (χ3v) is 7.40. The van der Waals surface area contributed by atoms with E-state index in [9.17, 15) is 13.2 Å². The minimum atomic E-state index is -3.55. The normalized spacial score (nSPS) is 22.0. The van der Waals surface area contributed by atoms with Gasteiger partial charge in [0.2, 0.25) is 0 Å². The summed E-state index contributed by atoms with van der Waals surface area (Å²) in [6.45, 7) is 8.14. The van der Waals surface area contributed by atoms with Crippen LogP contribution in [0, 0.1) is 0 Å². The number of likely N-dealkylation sites (N-methyl/N-ethyl adjacent to an activating group) is 1. The Balaban J connectivity index is 1.95. The van der Waals surface area contributed by atoms with Crippen molar-refractivity contribution in [3.63, 3.8) is 0 Å². The molecule has 2 aliphatic rings. The van der Waals surface area contributed by atoms with Crippen molar-refractivity contribution in [2.75, 3.05) is 32.5 Å². The van der Waals surface area contributed by atoms with Crippen LogP contribution < -0.4 is 14.8 Å².